The second-order valence-electron chi connectivity index (χ2n) is 6.23. The Hall–Kier alpha value is -1.22. The van der Waals surface area contributed by atoms with Gasteiger partial charge in [0.1, 0.15) is 0 Å². The summed E-state index contributed by atoms with van der Waals surface area (Å²) in [6.07, 6.45) is 10.4. The van der Waals surface area contributed by atoms with E-state index in [4.69, 9.17) is 15.2 Å². The Kier molecular flexibility index (Phi) is 6.37. The molecule has 0 bridgehead atoms. The van der Waals surface area contributed by atoms with Crippen LogP contribution >= 0.6 is 0 Å². The molecule has 1 atom stereocenters. The van der Waals surface area contributed by atoms with Crippen molar-refractivity contribution in [2.24, 2.45) is 11.7 Å². The van der Waals surface area contributed by atoms with Gasteiger partial charge in [-0.05, 0) is 42.9 Å². The number of rotatable bonds is 7. The van der Waals surface area contributed by atoms with Crippen molar-refractivity contribution in [3.8, 4) is 11.5 Å². The van der Waals surface area contributed by atoms with Crippen molar-refractivity contribution >= 4 is 0 Å². The van der Waals surface area contributed by atoms with Crippen molar-refractivity contribution in [3.63, 3.8) is 0 Å². The third-order valence-electron chi connectivity index (χ3n) is 4.62. The first-order chi connectivity index (χ1) is 10.2. The molecule has 0 spiro atoms. The van der Waals surface area contributed by atoms with Gasteiger partial charge in [0.2, 0.25) is 0 Å². The summed E-state index contributed by atoms with van der Waals surface area (Å²) in [5, 5.41) is 0. The lowest BCUT2D eigenvalue weighted by Crippen LogP contribution is -2.24. The van der Waals surface area contributed by atoms with Gasteiger partial charge >= 0.3 is 0 Å². The first-order valence-corrected chi connectivity index (χ1v) is 8.19. The molecule has 1 unspecified atom stereocenters. The molecule has 1 saturated carbocycles. The zero-order valence-corrected chi connectivity index (χ0v) is 13.4. The Labute approximate surface area is 128 Å². The lowest BCUT2D eigenvalue weighted by atomic mass is 9.85. The second kappa shape index (κ2) is 8.28. The van der Waals surface area contributed by atoms with Gasteiger partial charge in [0.05, 0.1) is 14.2 Å². The quantitative estimate of drug-likeness (QED) is 0.827. The van der Waals surface area contributed by atoms with Crippen LogP contribution in [0.3, 0.4) is 0 Å². The number of hydrogen-bond acceptors (Lipinski definition) is 3. The fourth-order valence-corrected chi connectivity index (χ4v) is 3.34. The highest BCUT2D eigenvalue weighted by atomic mass is 16.5. The summed E-state index contributed by atoms with van der Waals surface area (Å²) in [4.78, 5) is 0. The predicted octanol–water partition coefficient (Wildman–Crippen LogP) is 3.93. The van der Waals surface area contributed by atoms with E-state index in [1.54, 1.807) is 14.2 Å². The maximum Gasteiger partial charge on any atom is 0.160 e. The summed E-state index contributed by atoms with van der Waals surface area (Å²) in [5.41, 5.74) is 7.54. The van der Waals surface area contributed by atoms with E-state index in [0.29, 0.717) is 0 Å². The number of hydrogen-bond donors (Lipinski definition) is 1. The van der Waals surface area contributed by atoms with E-state index in [0.717, 1.165) is 30.3 Å². The van der Waals surface area contributed by atoms with E-state index in [1.165, 1.54) is 44.1 Å². The minimum Gasteiger partial charge on any atom is -0.493 e. The summed E-state index contributed by atoms with van der Waals surface area (Å²) in [6.45, 7) is 0. The highest BCUT2D eigenvalue weighted by Gasteiger charge is 2.15. The average molecular weight is 291 g/mol. The van der Waals surface area contributed by atoms with Gasteiger partial charge in [-0.15, -0.1) is 0 Å². The molecule has 3 nitrogen and oxygen atoms in total. The smallest absolute Gasteiger partial charge is 0.160 e. The summed E-state index contributed by atoms with van der Waals surface area (Å²) < 4.78 is 10.6. The van der Waals surface area contributed by atoms with E-state index in [2.05, 4.69) is 6.07 Å². The third-order valence-corrected chi connectivity index (χ3v) is 4.62. The molecule has 0 aliphatic heterocycles. The van der Waals surface area contributed by atoms with Gasteiger partial charge < -0.3 is 15.2 Å². The highest BCUT2D eigenvalue weighted by Crippen LogP contribution is 2.29. The molecule has 0 heterocycles. The fraction of sp³-hybridized carbons (Fsp3) is 0.667. The zero-order valence-electron chi connectivity index (χ0n) is 13.4. The van der Waals surface area contributed by atoms with Gasteiger partial charge in [-0.3, -0.25) is 0 Å². The number of methoxy groups -OCH3 is 2. The lowest BCUT2D eigenvalue weighted by Gasteiger charge is -2.23. The van der Waals surface area contributed by atoms with Crippen LogP contribution in [0.25, 0.3) is 0 Å². The minimum atomic E-state index is 0.241. The first-order valence-electron chi connectivity index (χ1n) is 8.19. The summed E-state index contributed by atoms with van der Waals surface area (Å²) in [6, 6.07) is 6.33. The maximum atomic E-state index is 6.31. The molecule has 118 valence electrons. The molecular formula is C18H29NO2. The van der Waals surface area contributed by atoms with Gasteiger partial charge in [0.25, 0.3) is 0 Å². The van der Waals surface area contributed by atoms with Crippen LogP contribution in [0.4, 0.5) is 0 Å². The highest BCUT2D eigenvalue weighted by molar-refractivity contribution is 5.43. The Morgan fingerprint density at radius 2 is 1.81 bits per heavy atom. The third kappa shape index (κ3) is 4.92. The molecule has 0 amide bonds. The van der Waals surface area contributed by atoms with E-state index in [-0.39, 0.29) is 6.04 Å². The fourth-order valence-electron chi connectivity index (χ4n) is 3.34. The van der Waals surface area contributed by atoms with Gasteiger partial charge in [0.15, 0.2) is 11.5 Å². The SMILES string of the molecule is COc1ccc(CC(N)CCC2CCCCC2)cc1OC. The van der Waals surface area contributed by atoms with Crippen molar-refractivity contribution in [3.05, 3.63) is 23.8 Å². The Bertz CT molecular complexity index is 427. The summed E-state index contributed by atoms with van der Waals surface area (Å²) in [5.74, 6) is 2.47. The van der Waals surface area contributed by atoms with Crippen LogP contribution < -0.4 is 15.2 Å². The van der Waals surface area contributed by atoms with Crippen LogP contribution in [-0.2, 0) is 6.42 Å². The molecule has 1 aromatic rings. The summed E-state index contributed by atoms with van der Waals surface area (Å²) >= 11 is 0. The lowest BCUT2D eigenvalue weighted by molar-refractivity contribution is 0.322. The Morgan fingerprint density at radius 3 is 2.48 bits per heavy atom. The molecule has 3 heteroatoms. The first kappa shape index (κ1) is 16.2. The molecule has 21 heavy (non-hydrogen) atoms. The monoisotopic (exact) mass is 291 g/mol. The molecular weight excluding hydrogens is 262 g/mol. The number of ether oxygens (including phenoxy) is 2. The Balaban J connectivity index is 1.82. The van der Waals surface area contributed by atoms with E-state index < -0.39 is 0 Å². The van der Waals surface area contributed by atoms with E-state index in [1.807, 2.05) is 12.1 Å². The van der Waals surface area contributed by atoms with Crippen LogP contribution in [-0.4, -0.2) is 20.3 Å². The summed E-state index contributed by atoms with van der Waals surface area (Å²) in [7, 11) is 3.33. The van der Waals surface area contributed by atoms with Crippen LogP contribution in [0.5, 0.6) is 11.5 Å². The molecule has 1 aliphatic rings. The maximum absolute atomic E-state index is 6.31. The van der Waals surface area contributed by atoms with Crippen molar-refractivity contribution in [2.75, 3.05) is 14.2 Å². The Morgan fingerprint density at radius 1 is 1.10 bits per heavy atom. The normalized spacial score (nSPS) is 17.5. The van der Waals surface area contributed by atoms with Crippen LogP contribution in [0.1, 0.15) is 50.5 Å². The zero-order chi connectivity index (χ0) is 15.1. The number of nitrogens with two attached hydrogens (primary N) is 1. The van der Waals surface area contributed by atoms with Crippen molar-refractivity contribution in [2.45, 2.75) is 57.4 Å². The second-order valence-corrected chi connectivity index (χ2v) is 6.23. The van der Waals surface area contributed by atoms with Crippen molar-refractivity contribution in [1.29, 1.82) is 0 Å². The molecule has 2 N–H and O–H groups in total. The molecule has 1 fully saturated rings. The largest absolute Gasteiger partial charge is 0.493 e. The molecule has 0 saturated heterocycles. The molecule has 0 radical (unpaired) electrons. The predicted molar refractivity (Wildman–Crippen MR) is 87.0 cm³/mol. The van der Waals surface area contributed by atoms with Crippen LogP contribution in [0.2, 0.25) is 0 Å². The van der Waals surface area contributed by atoms with Gasteiger partial charge in [-0.25, -0.2) is 0 Å². The van der Waals surface area contributed by atoms with Crippen molar-refractivity contribution in [1.82, 2.24) is 0 Å². The molecule has 2 rings (SSSR count). The van der Waals surface area contributed by atoms with Gasteiger partial charge in [0, 0.05) is 6.04 Å². The molecule has 1 aliphatic carbocycles. The van der Waals surface area contributed by atoms with E-state index in [9.17, 15) is 0 Å². The molecule has 0 aromatic heterocycles. The number of benzene rings is 1. The minimum absolute atomic E-state index is 0.241. The molecule has 1 aromatic carbocycles. The van der Waals surface area contributed by atoms with Gasteiger partial charge in [-0.2, -0.15) is 0 Å². The standard InChI is InChI=1S/C18H29NO2/c1-20-17-11-9-15(13-18(17)21-2)12-16(19)10-8-14-6-4-3-5-7-14/h9,11,13-14,16H,3-8,10,12,19H2,1-2H3. The van der Waals surface area contributed by atoms with E-state index >= 15 is 0 Å². The van der Waals surface area contributed by atoms with Gasteiger partial charge in [-0.1, -0.05) is 38.2 Å². The van der Waals surface area contributed by atoms with Crippen LogP contribution in [0, 0.1) is 5.92 Å². The topological polar surface area (TPSA) is 44.5 Å². The average Bonchev–Trinajstić information content (AvgIpc) is 2.53. The van der Waals surface area contributed by atoms with Crippen LogP contribution in [0.15, 0.2) is 18.2 Å². The van der Waals surface area contributed by atoms with Crippen molar-refractivity contribution < 1.29 is 9.47 Å².